The Morgan fingerprint density at radius 2 is 1.83 bits per heavy atom. The fraction of sp³-hybridized carbons (Fsp3) is 0.500. The summed E-state index contributed by atoms with van der Waals surface area (Å²) in [6.45, 7) is 6.96. The van der Waals surface area contributed by atoms with Crippen LogP contribution >= 0.6 is 0 Å². The van der Waals surface area contributed by atoms with Crippen LogP contribution in [0, 0.1) is 13.8 Å². The summed E-state index contributed by atoms with van der Waals surface area (Å²) in [5.41, 5.74) is 2.05. The first kappa shape index (κ1) is 16.4. The van der Waals surface area contributed by atoms with E-state index in [0.29, 0.717) is 13.1 Å². The lowest BCUT2D eigenvalue weighted by atomic mass is 10.3. The Morgan fingerprint density at radius 1 is 1.12 bits per heavy atom. The molecule has 1 saturated heterocycles. The first-order valence-corrected chi connectivity index (χ1v) is 7.94. The topological polar surface area (TPSA) is 76.4 Å². The maximum Gasteiger partial charge on any atom is 0.248 e. The zero-order chi connectivity index (χ0) is 17.1. The lowest BCUT2D eigenvalue weighted by Gasteiger charge is -2.35. The summed E-state index contributed by atoms with van der Waals surface area (Å²) in [4.78, 5) is 28.9. The van der Waals surface area contributed by atoms with E-state index in [1.807, 2.05) is 29.4 Å². The summed E-state index contributed by atoms with van der Waals surface area (Å²) in [6, 6.07) is 1.96. The van der Waals surface area contributed by atoms with Crippen molar-refractivity contribution in [3.8, 4) is 5.82 Å². The molecule has 3 heterocycles. The van der Waals surface area contributed by atoms with Crippen molar-refractivity contribution < 1.29 is 9.53 Å². The minimum atomic E-state index is 0.0324. The minimum Gasteiger partial charge on any atom is -0.375 e. The first-order valence-electron chi connectivity index (χ1n) is 7.94. The Balaban J connectivity index is 1.72. The molecule has 1 aliphatic rings. The van der Waals surface area contributed by atoms with Gasteiger partial charge >= 0.3 is 0 Å². The molecule has 0 bridgehead atoms. The Bertz CT molecular complexity index is 721. The Hall–Kier alpha value is -2.48. The van der Waals surface area contributed by atoms with Gasteiger partial charge in [-0.3, -0.25) is 9.36 Å². The van der Waals surface area contributed by atoms with Crippen LogP contribution in [0.5, 0.6) is 0 Å². The Morgan fingerprint density at radius 3 is 2.46 bits per heavy atom. The van der Waals surface area contributed by atoms with Gasteiger partial charge in [0.25, 0.3) is 0 Å². The molecule has 0 spiro atoms. The second-order valence-electron chi connectivity index (χ2n) is 5.82. The lowest BCUT2D eigenvalue weighted by molar-refractivity contribution is -0.135. The van der Waals surface area contributed by atoms with E-state index in [1.54, 1.807) is 12.7 Å². The van der Waals surface area contributed by atoms with E-state index in [2.05, 4.69) is 19.9 Å². The zero-order valence-corrected chi connectivity index (χ0v) is 14.3. The van der Waals surface area contributed by atoms with Crippen molar-refractivity contribution in [3.05, 3.63) is 30.1 Å². The number of carbonyl (C=O) groups is 1. The van der Waals surface area contributed by atoms with Crippen LogP contribution < -0.4 is 4.90 Å². The van der Waals surface area contributed by atoms with Gasteiger partial charge in [-0.05, 0) is 13.8 Å². The minimum absolute atomic E-state index is 0.0324. The van der Waals surface area contributed by atoms with Gasteiger partial charge in [-0.2, -0.15) is 0 Å². The van der Waals surface area contributed by atoms with Crippen LogP contribution in [0.3, 0.4) is 0 Å². The number of hydrogen-bond donors (Lipinski definition) is 0. The van der Waals surface area contributed by atoms with E-state index >= 15 is 0 Å². The van der Waals surface area contributed by atoms with Gasteiger partial charge < -0.3 is 14.5 Å². The van der Waals surface area contributed by atoms with Crippen LogP contribution in [0.15, 0.2) is 18.7 Å². The van der Waals surface area contributed by atoms with Gasteiger partial charge in [0.05, 0.1) is 5.69 Å². The molecule has 8 nitrogen and oxygen atoms in total. The summed E-state index contributed by atoms with van der Waals surface area (Å²) in [7, 11) is 1.54. The van der Waals surface area contributed by atoms with Crippen molar-refractivity contribution in [3.63, 3.8) is 0 Å². The second kappa shape index (κ2) is 6.96. The van der Waals surface area contributed by atoms with Gasteiger partial charge in [-0.1, -0.05) is 0 Å². The van der Waals surface area contributed by atoms with Gasteiger partial charge in [-0.15, -0.1) is 0 Å². The van der Waals surface area contributed by atoms with Crippen molar-refractivity contribution in [2.75, 3.05) is 44.8 Å². The number of carbonyl (C=O) groups excluding carboxylic acids is 1. The highest BCUT2D eigenvalue weighted by Gasteiger charge is 2.22. The highest BCUT2D eigenvalue weighted by Crippen LogP contribution is 2.18. The molecule has 3 rings (SSSR count). The summed E-state index contributed by atoms with van der Waals surface area (Å²) in [6.07, 6.45) is 3.35. The summed E-state index contributed by atoms with van der Waals surface area (Å²) in [5.74, 6) is 1.70. The molecule has 8 heteroatoms. The molecule has 1 aliphatic heterocycles. The first-order chi connectivity index (χ1) is 11.6. The molecule has 0 aliphatic carbocycles. The Labute approximate surface area is 141 Å². The van der Waals surface area contributed by atoms with Crippen LogP contribution in [0.2, 0.25) is 0 Å². The van der Waals surface area contributed by atoms with Crippen LogP contribution in [-0.2, 0) is 9.53 Å². The third kappa shape index (κ3) is 3.23. The van der Waals surface area contributed by atoms with E-state index in [4.69, 9.17) is 4.74 Å². The summed E-state index contributed by atoms with van der Waals surface area (Å²) >= 11 is 0. The normalized spacial score (nSPS) is 15.0. The number of aromatic nitrogens is 4. The third-order valence-corrected chi connectivity index (χ3v) is 4.36. The summed E-state index contributed by atoms with van der Waals surface area (Å²) in [5, 5.41) is 0. The van der Waals surface area contributed by atoms with Gasteiger partial charge in [0.2, 0.25) is 5.91 Å². The van der Waals surface area contributed by atoms with Crippen LogP contribution in [-0.4, -0.2) is 70.2 Å². The maximum absolute atomic E-state index is 11.9. The van der Waals surface area contributed by atoms with Crippen molar-refractivity contribution in [1.29, 1.82) is 0 Å². The van der Waals surface area contributed by atoms with Crippen molar-refractivity contribution >= 4 is 11.7 Å². The molecule has 2 aromatic heterocycles. The molecule has 128 valence electrons. The van der Waals surface area contributed by atoms with Crippen molar-refractivity contribution in [1.82, 2.24) is 24.4 Å². The van der Waals surface area contributed by atoms with Crippen LogP contribution in [0.25, 0.3) is 5.82 Å². The molecule has 2 aromatic rings. The SMILES string of the molecule is COCC(=O)N1CCN(c2cc(-n3cnc(C)c3C)ncn2)CC1. The van der Waals surface area contributed by atoms with Gasteiger partial charge in [0, 0.05) is 45.0 Å². The van der Waals surface area contributed by atoms with E-state index in [1.165, 1.54) is 7.11 Å². The molecule has 1 amide bonds. The summed E-state index contributed by atoms with van der Waals surface area (Å²) < 4.78 is 6.87. The molecule has 1 fully saturated rings. The van der Waals surface area contributed by atoms with Gasteiger partial charge in [0.15, 0.2) is 0 Å². The van der Waals surface area contributed by atoms with E-state index in [0.717, 1.165) is 36.1 Å². The monoisotopic (exact) mass is 330 g/mol. The van der Waals surface area contributed by atoms with E-state index in [9.17, 15) is 4.79 Å². The number of hydrogen-bond acceptors (Lipinski definition) is 6. The number of anilines is 1. The number of ether oxygens (including phenoxy) is 1. The maximum atomic E-state index is 11.9. The number of aryl methyl sites for hydroxylation is 1. The van der Waals surface area contributed by atoms with Crippen LogP contribution in [0.1, 0.15) is 11.4 Å². The number of amides is 1. The quantitative estimate of drug-likeness (QED) is 0.816. The van der Waals surface area contributed by atoms with Crippen LogP contribution in [0.4, 0.5) is 5.82 Å². The van der Waals surface area contributed by atoms with E-state index in [-0.39, 0.29) is 12.5 Å². The fourth-order valence-electron chi connectivity index (χ4n) is 2.77. The predicted molar refractivity (Wildman–Crippen MR) is 89.3 cm³/mol. The standard InChI is InChI=1S/C16H22N6O2/c1-12-13(2)22(11-19-12)15-8-14(17-10-18-15)20-4-6-21(7-5-20)16(23)9-24-3/h8,10-11H,4-7,9H2,1-3H3. The molecular weight excluding hydrogens is 308 g/mol. The predicted octanol–water partition coefficient (Wildman–Crippen LogP) is 0.574. The lowest BCUT2D eigenvalue weighted by Crippen LogP contribution is -2.50. The van der Waals surface area contributed by atoms with Crippen molar-refractivity contribution in [2.24, 2.45) is 0 Å². The molecule has 0 N–H and O–H groups in total. The fourth-order valence-corrected chi connectivity index (χ4v) is 2.77. The molecule has 0 radical (unpaired) electrons. The number of rotatable bonds is 4. The van der Waals surface area contributed by atoms with Gasteiger partial charge in [-0.25, -0.2) is 15.0 Å². The molecular formula is C16H22N6O2. The Kier molecular flexibility index (Phi) is 4.75. The smallest absolute Gasteiger partial charge is 0.248 e. The molecule has 24 heavy (non-hydrogen) atoms. The zero-order valence-electron chi connectivity index (χ0n) is 14.3. The third-order valence-electron chi connectivity index (χ3n) is 4.36. The average Bonchev–Trinajstić information content (AvgIpc) is 2.95. The number of methoxy groups -OCH3 is 1. The highest BCUT2D eigenvalue weighted by molar-refractivity contribution is 5.77. The van der Waals surface area contributed by atoms with E-state index < -0.39 is 0 Å². The molecule has 0 saturated carbocycles. The molecule has 0 aromatic carbocycles. The average molecular weight is 330 g/mol. The molecule has 0 unspecified atom stereocenters. The number of nitrogens with zero attached hydrogens (tertiary/aromatic N) is 6. The molecule has 0 atom stereocenters. The van der Waals surface area contributed by atoms with Gasteiger partial charge in [0.1, 0.15) is 30.9 Å². The second-order valence-corrected chi connectivity index (χ2v) is 5.82. The number of imidazole rings is 1. The highest BCUT2D eigenvalue weighted by atomic mass is 16.5. The van der Waals surface area contributed by atoms with Crippen molar-refractivity contribution in [2.45, 2.75) is 13.8 Å². The number of piperazine rings is 1. The largest absolute Gasteiger partial charge is 0.375 e.